The number of hydrogen-bond acceptors (Lipinski definition) is 1. The lowest BCUT2D eigenvalue weighted by Gasteiger charge is -2.06. The molecule has 5 heteroatoms. The van der Waals surface area contributed by atoms with E-state index in [0.717, 1.165) is 16.6 Å². The summed E-state index contributed by atoms with van der Waals surface area (Å²) in [6.45, 7) is 7.56. The molecule has 0 bridgehead atoms. The van der Waals surface area contributed by atoms with E-state index >= 15 is 0 Å². The number of fused-ring (bicyclic) bond motifs is 1. The number of hydrogen-bond donors (Lipinski definition) is 0. The molecule has 1 heterocycles. The third-order valence-electron chi connectivity index (χ3n) is 3.07. The van der Waals surface area contributed by atoms with Crippen molar-refractivity contribution in [1.82, 2.24) is 9.55 Å². The summed E-state index contributed by atoms with van der Waals surface area (Å²) in [5, 5.41) is 1.07. The predicted molar refractivity (Wildman–Crippen MR) is 81.6 cm³/mol. The second-order valence-electron chi connectivity index (χ2n) is 4.38. The molecular formula is C15H9Cl2N3. The van der Waals surface area contributed by atoms with Crippen molar-refractivity contribution < 1.29 is 0 Å². The summed E-state index contributed by atoms with van der Waals surface area (Å²) in [5.41, 5.74) is 3.41. The van der Waals surface area contributed by atoms with Gasteiger partial charge in [-0.15, -0.1) is 0 Å². The first-order chi connectivity index (χ1) is 9.67. The van der Waals surface area contributed by atoms with Crippen LogP contribution in [0.4, 0.5) is 5.69 Å². The van der Waals surface area contributed by atoms with Gasteiger partial charge in [0, 0.05) is 5.02 Å². The van der Waals surface area contributed by atoms with E-state index in [2.05, 4.69) is 9.83 Å². The quantitative estimate of drug-likeness (QED) is 0.614. The van der Waals surface area contributed by atoms with Crippen LogP contribution in [0, 0.1) is 6.57 Å². The molecule has 0 aliphatic carbocycles. The van der Waals surface area contributed by atoms with E-state index in [0.29, 0.717) is 22.5 Å². The highest BCUT2D eigenvalue weighted by Crippen LogP contribution is 2.24. The highest BCUT2D eigenvalue weighted by Gasteiger charge is 2.09. The van der Waals surface area contributed by atoms with E-state index in [1.807, 2.05) is 28.8 Å². The summed E-state index contributed by atoms with van der Waals surface area (Å²) < 4.78 is 1.92. The van der Waals surface area contributed by atoms with Crippen LogP contribution in [0.2, 0.25) is 10.3 Å². The Kier molecular flexibility index (Phi) is 3.35. The van der Waals surface area contributed by atoms with Crippen molar-refractivity contribution in [3.8, 4) is 0 Å². The molecule has 3 nitrogen and oxygen atoms in total. The first-order valence-electron chi connectivity index (χ1n) is 5.95. The highest BCUT2D eigenvalue weighted by molar-refractivity contribution is 6.31. The molecule has 3 aromatic rings. The lowest BCUT2D eigenvalue weighted by Crippen LogP contribution is -1.99. The van der Waals surface area contributed by atoms with Crippen molar-refractivity contribution in [1.29, 1.82) is 0 Å². The molecule has 1 aromatic heterocycles. The van der Waals surface area contributed by atoms with Crippen LogP contribution in [-0.2, 0) is 6.54 Å². The maximum atomic E-state index is 6.95. The summed E-state index contributed by atoms with van der Waals surface area (Å²) in [6, 6.07) is 13.0. The summed E-state index contributed by atoms with van der Waals surface area (Å²) in [7, 11) is 0. The lowest BCUT2D eigenvalue weighted by molar-refractivity contribution is 0.826. The van der Waals surface area contributed by atoms with Gasteiger partial charge in [-0.05, 0) is 35.4 Å². The predicted octanol–water partition coefficient (Wildman–Crippen LogP) is 4.94. The van der Waals surface area contributed by atoms with Gasteiger partial charge >= 0.3 is 0 Å². The van der Waals surface area contributed by atoms with Crippen molar-refractivity contribution in [2.24, 2.45) is 0 Å². The fourth-order valence-electron chi connectivity index (χ4n) is 2.08. The molecule has 3 rings (SSSR count). The van der Waals surface area contributed by atoms with Crippen molar-refractivity contribution in [2.45, 2.75) is 6.54 Å². The van der Waals surface area contributed by atoms with Crippen LogP contribution in [-0.4, -0.2) is 9.55 Å². The highest BCUT2D eigenvalue weighted by atomic mass is 35.5. The molecule has 20 heavy (non-hydrogen) atoms. The minimum Gasteiger partial charge on any atom is -0.310 e. The zero-order chi connectivity index (χ0) is 14.1. The van der Waals surface area contributed by atoms with Gasteiger partial charge in [0.1, 0.15) is 0 Å². The van der Waals surface area contributed by atoms with E-state index in [1.54, 1.807) is 18.2 Å². The smallest absolute Gasteiger partial charge is 0.204 e. The van der Waals surface area contributed by atoms with Crippen LogP contribution in [0.3, 0.4) is 0 Å². The van der Waals surface area contributed by atoms with Crippen LogP contribution in [0.25, 0.3) is 15.9 Å². The Morgan fingerprint density at radius 3 is 2.55 bits per heavy atom. The summed E-state index contributed by atoms with van der Waals surface area (Å²) in [6.07, 6.45) is 0. The fourth-order valence-corrected chi connectivity index (χ4v) is 2.49. The van der Waals surface area contributed by atoms with Crippen molar-refractivity contribution >= 4 is 39.9 Å². The molecule has 98 valence electrons. The van der Waals surface area contributed by atoms with Gasteiger partial charge in [-0.1, -0.05) is 35.9 Å². The lowest BCUT2D eigenvalue weighted by atomic mass is 10.2. The summed E-state index contributed by atoms with van der Waals surface area (Å²) in [4.78, 5) is 7.68. The Balaban J connectivity index is 2.01. The van der Waals surface area contributed by atoms with Crippen molar-refractivity contribution in [2.75, 3.05) is 0 Å². The molecule has 0 saturated heterocycles. The summed E-state index contributed by atoms with van der Waals surface area (Å²) >= 11 is 12.1. The van der Waals surface area contributed by atoms with E-state index in [9.17, 15) is 0 Å². The Bertz CT molecular complexity index is 813. The SMILES string of the molecule is [C-]#[N+]c1ccc(Cn2c(Cl)nc3cc(Cl)ccc32)cc1. The van der Waals surface area contributed by atoms with Gasteiger partial charge in [0.05, 0.1) is 24.2 Å². The first kappa shape index (κ1) is 13.0. The van der Waals surface area contributed by atoms with Crippen LogP contribution in [0.5, 0.6) is 0 Å². The van der Waals surface area contributed by atoms with Gasteiger partial charge < -0.3 is 4.57 Å². The van der Waals surface area contributed by atoms with Crippen LogP contribution in [0.1, 0.15) is 5.56 Å². The molecule has 0 aliphatic rings. The molecule has 0 saturated carbocycles. The van der Waals surface area contributed by atoms with Gasteiger partial charge in [-0.25, -0.2) is 9.83 Å². The number of rotatable bonds is 2. The number of aromatic nitrogens is 2. The third-order valence-corrected chi connectivity index (χ3v) is 3.59. The van der Waals surface area contributed by atoms with Crippen LogP contribution < -0.4 is 0 Å². The maximum Gasteiger partial charge on any atom is 0.204 e. The van der Waals surface area contributed by atoms with E-state index in [4.69, 9.17) is 29.8 Å². The standard InChI is InChI=1S/C15H9Cl2N3/c1-18-12-5-2-10(3-6-12)9-20-14-7-4-11(16)8-13(14)19-15(20)17/h2-8H,9H2. The zero-order valence-corrected chi connectivity index (χ0v) is 11.9. The van der Waals surface area contributed by atoms with Crippen LogP contribution in [0.15, 0.2) is 42.5 Å². The van der Waals surface area contributed by atoms with Gasteiger partial charge in [-0.3, -0.25) is 0 Å². The fraction of sp³-hybridized carbons (Fsp3) is 0.0667. The monoisotopic (exact) mass is 301 g/mol. The van der Waals surface area contributed by atoms with E-state index in [1.165, 1.54) is 0 Å². The Morgan fingerprint density at radius 1 is 1.10 bits per heavy atom. The Hall–Kier alpha value is -2.02. The Labute approximate surface area is 126 Å². The van der Waals surface area contributed by atoms with Gasteiger partial charge in [-0.2, -0.15) is 0 Å². The molecule has 0 aliphatic heterocycles. The topological polar surface area (TPSA) is 22.2 Å². The number of imidazole rings is 1. The second-order valence-corrected chi connectivity index (χ2v) is 5.15. The number of halogens is 2. The molecule has 0 radical (unpaired) electrons. The van der Waals surface area contributed by atoms with E-state index in [-0.39, 0.29) is 0 Å². The van der Waals surface area contributed by atoms with Gasteiger partial charge in [0.25, 0.3) is 0 Å². The molecule has 0 atom stereocenters. The summed E-state index contributed by atoms with van der Waals surface area (Å²) in [5.74, 6) is 0. The minimum absolute atomic E-state index is 0.427. The first-order valence-corrected chi connectivity index (χ1v) is 6.70. The van der Waals surface area contributed by atoms with E-state index < -0.39 is 0 Å². The third kappa shape index (κ3) is 2.36. The molecule has 0 spiro atoms. The van der Waals surface area contributed by atoms with Crippen molar-refractivity contribution in [3.63, 3.8) is 0 Å². The average Bonchev–Trinajstić information content (AvgIpc) is 2.75. The minimum atomic E-state index is 0.427. The molecular weight excluding hydrogens is 293 g/mol. The maximum absolute atomic E-state index is 6.95. The second kappa shape index (κ2) is 5.16. The number of nitrogens with zero attached hydrogens (tertiary/aromatic N) is 3. The molecule has 0 N–H and O–H groups in total. The molecule has 2 aromatic carbocycles. The Morgan fingerprint density at radius 2 is 1.85 bits per heavy atom. The molecule has 0 amide bonds. The van der Waals surface area contributed by atoms with Gasteiger partial charge in [0.2, 0.25) is 5.28 Å². The largest absolute Gasteiger partial charge is 0.310 e. The zero-order valence-electron chi connectivity index (χ0n) is 10.3. The number of benzene rings is 2. The normalized spacial score (nSPS) is 10.7. The molecule has 0 unspecified atom stereocenters. The van der Waals surface area contributed by atoms with Gasteiger partial charge in [0.15, 0.2) is 5.69 Å². The average molecular weight is 302 g/mol. The molecule has 0 fully saturated rings. The van der Waals surface area contributed by atoms with Crippen molar-refractivity contribution in [3.05, 3.63) is 69.8 Å². The van der Waals surface area contributed by atoms with Crippen LogP contribution >= 0.6 is 23.2 Å².